The molecule has 0 aliphatic carbocycles. The molecule has 0 amide bonds. The quantitative estimate of drug-likeness (QED) is 0.774. The molecule has 5 heteroatoms. The van der Waals surface area contributed by atoms with E-state index in [0.717, 1.165) is 6.07 Å². The number of methoxy groups -OCH3 is 1. The topological polar surface area (TPSA) is 66.8 Å². The number of ether oxygens (including phenoxy) is 1. The summed E-state index contributed by atoms with van der Waals surface area (Å²) in [5.41, 5.74) is 0.374. The fourth-order valence-electron chi connectivity index (χ4n) is 1.14. The van der Waals surface area contributed by atoms with Gasteiger partial charge in [0.25, 0.3) is 0 Å². The number of hydrogen-bond donors (Lipinski definition) is 2. The summed E-state index contributed by atoms with van der Waals surface area (Å²) < 4.78 is 17.9. The molecule has 0 spiro atoms. The van der Waals surface area contributed by atoms with Crippen LogP contribution >= 0.6 is 0 Å². The zero-order chi connectivity index (χ0) is 12.3. The number of aliphatic carboxylic acids is 1. The van der Waals surface area contributed by atoms with Crippen molar-refractivity contribution in [3.63, 3.8) is 0 Å². The van der Waals surface area contributed by atoms with Gasteiger partial charge in [0.05, 0.1) is 7.11 Å². The number of carboxylic acid groups (broad SMARTS) is 1. The Kier molecular flexibility index (Phi) is 3.50. The maximum atomic E-state index is 13.2. The van der Waals surface area contributed by atoms with Crippen LogP contribution in [0.25, 0.3) is 6.08 Å². The van der Waals surface area contributed by atoms with Gasteiger partial charge in [-0.25, -0.2) is 9.18 Å². The van der Waals surface area contributed by atoms with E-state index in [0.29, 0.717) is 5.56 Å². The second kappa shape index (κ2) is 4.65. The van der Waals surface area contributed by atoms with Crippen molar-refractivity contribution in [1.82, 2.24) is 0 Å². The van der Waals surface area contributed by atoms with Gasteiger partial charge in [0, 0.05) is 5.57 Å². The lowest BCUT2D eigenvalue weighted by Gasteiger charge is -2.05. The number of aromatic hydroxyl groups is 1. The standard InChI is InChI=1S/C11H11FO4/c1-6(11(14)15)3-7-4-8(12)10(13)9(5-7)16-2/h3-5,13H,1-2H3,(H,14,15)/b6-3+. The minimum absolute atomic E-state index is 0.0376. The smallest absolute Gasteiger partial charge is 0.331 e. The summed E-state index contributed by atoms with van der Waals surface area (Å²) in [6.45, 7) is 1.39. The van der Waals surface area contributed by atoms with Crippen LogP contribution in [-0.4, -0.2) is 23.3 Å². The molecule has 4 nitrogen and oxygen atoms in total. The Morgan fingerprint density at radius 2 is 2.12 bits per heavy atom. The van der Waals surface area contributed by atoms with Crippen molar-refractivity contribution < 1.29 is 24.1 Å². The van der Waals surface area contributed by atoms with E-state index in [1.54, 1.807) is 0 Å². The van der Waals surface area contributed by atoms with Crippen LogP contribution in [0.15, 0.2) is 17.7 Å². The minimum Gasteiger partial charge on any atom is -0.502 e. The third-order valence-corrected chi connectivity index (χ3v) is 1.99. The van der Waals surface area contributed by atoms with E-state index in [9.17, 15) is 14.3 Å². The molecule has 0 heterocycles. The van der Waals surface area contributed by atoms with Crippen LogP contribution < -0.4 is 4.74 Å². The monoisotopic (exact) mass is 226 g/mol. The van der Waals surface area contributed by atoms with E-state index in [4.69, 9.17) is 9.84 Å². The zero-order valence-corrected chi connectivity index (χ0v) is 8.82. The number of hydrogen-bond acceptors (Lipinski definition) is 3. The van der Waals surface area contributed by atoms with E-state index in [-0.39, 0.29) is 11.3 Å². The molecule has 0 fully saturated rings. The maximum absolute atomic E-state index is 13.2. The molecule has 0 aliphatic rings. The Bertz CT molecular complexity index is 452. The molecule has 1 rings (SSSR count). The van der Waals surface area contributed by atoms with Crippen LogP contribution in [0.5, 0.6) is 11.5 Å². The van der Waals surface area contributed by atoms with Gasteiger partial charge in [-0.2, -0.15) is 0 Å². The fourth-order valence-corrected chi connectivity index (χ4v) is 1.14. The molecule has 0 saturated carbocycles. The third-order valence-electron chi connectivity index (χ3n) is 1.99. The van der Waals surface area contributed by atoms with E-state index in [1.165, 1.54) is 26.2 Å². The van der Waals surface area contributed by atoms with Crippen LogP contribution in [0, 0.1) is 5.82 Å². The Morgan fingerprint density at radius 1 is 1.50 bits per heavy atom. The summed E-state index contributed by atoms with van der Waals surface area (Å²) in [5, 5.41) is 17.9. The number of rotatable bonds is 3. The maximum Gasteiger partial charge on any atom is 0.331 e. The van der Waals surface area contributed by atoms with Crippen molar-refractivity contribution in [2.75, 3.05) is 7.11 Å². The van der Waals surface area contributed by atoms with Crippen molar-refractivity contribution >= 4 is 12.0 Å². The van der Waals surface area contributed by atoms with Gasteiger partial charge in [-0.1, -0.05) is 0 Å². The molecule has 0 radical (unpaired) electrons. The lowest BCUT2D eigenvalue weighted by atomic mass is 10.1. The van der Waals surface area contributed by atoms with E-state index < -0.39 is 17.5 Å². The number of benzene rings is 1. The zero-order valence-electron chi connectivity index (χ0n) is 8.82. The largest absolute Gasteiger partial charge is 0.502 e. The highest BCUT2D eigenvalue weighted by molar-refractivity contribution is 5.91. The lowest BCUT2D eigenvalue weighted by Crippen LogP contribution is -1.96. The van der Waals surface area contributed by atoms with Crippen molar-refractivity contribution in [2.45, 2.75) is 6.92 Å². The molecule has 16 heavy (non-hydrogen) atoms. The minimum atomic E-state index is -1.09. The number of phenols is 1. The first-order valence-electron chi connectivity index (χ1n) is 4.43. The number of carbonyl (C=O) groups is 1. The number of halogens is 1. The Labute approximate surface area is 91.6 Å². The summed E-state index contributed by atoms with van der Waals surface area (Å²) >= 11 is 0. The molecule has 0 bridgehead atoms. The number of carboxylic acids is 1. The highest BCUT2D eigenvalue weighted by atomic mass is 19.1. The summed E-state index contributed by atoms with van der Waals surface area (Å²) in [6, 6.07) is 2.38. The first kappa shape index (κ1) is 12.0. The first-order valence-corrected chi connectivity index (χ1v) is 4.43. The summed E-state index contributed by atoms with van der Waals surface area (Å²) in [7, 11) is 1.28. The van der Waals surface area contributed by atoms with Crippen LogP contribution in [-0.2, 0) is 4.79 Å². The molecule has 1 aromatic rings. The Morgan fingerprint density at radius 3 is 2.62 bits per heavy atom. The molecule has 0 unspecified atom stereocenters. The first-order chi connectivity index (χ1) is 7.45. The van der Waals surface area contributed by atoms with Gasteiger partial charge in [-0.3, -0.25) is 0 Å². The summed E-state index contributed by atoms with van der Waals surface area (Å²) in [4.78, 5) is 10.6. The SMILES string of the molecule is COc1cc(/C=C(\C)C(=O)O)cc(F)c1O. The van der Waals surface area contributed by atoms with E-state index in [1.807, 2.05) is 0 Å². The van der Waals surface area contributed by atoms with Crippen molar-refractivity contribution in [2.24, 2.45) is 0 Å². The van der Waals surface area contributed by atoms with Gasteiger partial charge in [0.1, 0.15) is 0 Å². The second-order valence-corrected chi connectivity index (χ2v) is 3.19. The van der Waals surface area contributed by atoms with E-state index in [2.05, 4.69) is 0 Å². The molecular weight excluding hydrogens is 215 g/mol. The van der Waals surface area contributed by atoms with Gasteiger partial charge >= 0.3 is 5.97 Å². The van der Waals surface area contributed by atoms with Crippen LogP contribution in [0.1, 0.15) is 12.5 Å². The van der Waals surface area contributed by atoms with Crippen LogP contribution in [0.3, 0.4) is 0 Å². The molecule has 0 saturated heterocycles. The van der Waals surface area contributed by atoms with Crippen molar-refractivity contribution in [3.05, 3.63) is 29.1 Å². The summed E-state index contributed by atoms with van der Waals surface area (Å²) in [6.07, 6.45) is 1.29. The summed E-state index contributed by atoms with van der Waals surface area (Å²) in [5.74, 6) is -2.58. The highest BCUT2D eigenvalue weighted by Gasteiger charge is 2.10. The highest BCUT2D eigenvalue weighted by Crippen LogP contribution is 2.30. The fraction of sp³-hybridized carbons (Fsp3) is 0.182. The van der Waals surface area contributed by atoms with E-state index >= 15 is 0 Å². The van der Waals surface area contributed by atoms with Gasteiger partial charge in [0.2, 0.25) is 0 Å². The van der Waals surface area contributed by atoms with Gasteiger partial charge < -0.3 is 14.9 Å². The molecule has 86 valence electrons. The predicted octanol–water partition coefficient (Wildman–Crippen LogP) is 2.03. The Balaban J connectivity index is 3.22. The molecule has 0 aromatic heterocycles. The Hall–Kier alpha value is -2.04. The average Bonchev–Trinajstić information content (AvgIpc) is 2.22. The average molecular weight is 226 g/mol. The lowest BCUT2D eigenvalue weighted by molar-refractivity contribution is -0.132. The van der Waals surface area contributed by atoms with Crippen molar-refractivity contribution in [3.8, 4) is 11.5 Å². The van der Waals surface area contributed by atoms with Gasteiger partial charge in [-0.15, -0.1) is 0 Å². The van der Waals surface area contributed by atoms with Crippen LogP contribution in [0.2, 0.25) is 0 Å². The van der Waals surface area contributed by atoms with Crippen LogP contribution in [0.4, 0.5) is 4.39 Å². The normalized spacial score (nSPS) is 11.3. The van der Waals surface area contributed by atoms with Crippen molar-refractivity contribution in [1.29, 1.82) is 0 Å². The molecule has 1 aromatic carbocycles. The second-order valence-electron chi connectivity index (χ2n) is 3.19. The van der Waals surface area contributed by atoms with Gasteiger partial charge in [-0.05, 0) is 30.7 Å². The molecule has 2 N–H and O–H groups in total. The predicted molar refractivity (Wildman–Crippen MR) is 55.9 cm³/mol. The molecule has 0 atom stereocenters. The molecular formula is C11H11FO4. The third kappa shape index (κ3) is 2.50. The molecule has 0 aliphatic heterocycles. The van der Waals surface area contributed by atoms with Gasteiger partial charge in [0.15, 0.2) is 17.3 Å². The number of phenolic OH excluding ortho intramolecular Hbond substituents is 1.